The molecule has 0 unspecified atom stereocenters. The van der Waals surface area contributed by atoms with E-state index in [4.69, 9.17) is 26.2 Å². The lowest BCUT2D eigenvalue weighted by molar-refractivity contribution is -0.149. The second-order valence-electron chi connectivity index (χ2n) is 6.36. The standard InChI is InChI=1S/C23H21ClF2O4/c1-3-29-22(23(27)28)13-17-6-7-21(20(24)12-17)30-9-8-15(2)4-5-16-10-18(25)14-19(26)11-16/h6-8,10-12,14,22H,3,9,13H2,1-2H3,(H,27,28)/t22-/m0/s1. The summed E-state index contributed by atoms with van der Waals surface area (Å²) in [5.41, 5.74) is 1.62. The van der Waals surface area contributed by atoms with Gasteiger partial charge in [0.2, 0.25) is 0 Å². The number of rotatable bonds is 8. The maximum Gasteiger partial charge on any atom is 0.333 e. The van der Waals surface area contributed by atoms with E-state index in [2.05, 4.69) is 11.8 Å². The minimum Gasteiger partial charge on any atom is -0.488 e. The average Bonchev–Trinajstić information content (AvgIpc) is 2.67. The Hall–Kier alpha value is -2.88. The number of carboxylic acids is 1. The molecule has 0 aliphatic carbocycles. The molecule has 0 saturated carbocycles. The molecule has 1 atom stereocenters. The van der Waals surface area contributed by atoms with Crippen molar-refractivity contribution >= 4 is 17.6 Å². The molecule has 2 aromatic carbocycles. The molecule has 4 nitrogen and oxygen atoms in total. The molecule has 0 saturated heterocycles. The van der Waals surface area contributed by atoms with Gasteiger partial charge in [0, 0.05) is 24.7 Å². The molecule has 0 aromatic heterocycles. The smallest absolute Gasteiger partial charge is 0.333 e. The highest BCUT2D eigenvalue weighted by molar-refractivity contribution is 6.32. The largest absolute Gasteiger partial charge is 0.488 e. The first-order valence-electron chi connectivity index (χ1n) is 9.19. The lowest BCUT2D eigenvalue weighted by Crippen LogP contribution is -2.26. The van der Waals surface area contributed by atoms with Crippen LogP contribution in [0, 0.1) is 23.5 Å². The summed E-state index contributed by atoms with van der Waals surface area (Å²) in [6, 6.07) is 8.12. The monoisotopic (exact) mass is 434 g/mol. The summed E-state index contributed by atoms with van der Waals surface area (Å²) in [6.45, 7) is 3.97. The summed E-state index contributed by atoms with van der Waals surface area (Å²) in [5.74, 6) is 3.54. The quantitative estimate of drug-likeness (QED) is 0.592. The Balaban J connectivity index is 1.97. The van der Waals surface area contributed by atoms with Crippen LogP contribution in [0.1, 0.15) is 25.0 Å². The molecule has 0 amide bonds. The number of ether oxygens (including phenoxy) is 2. The topological polar surface area (TPSA) is 55.8 Å². The van der Waals surface area contributed by atoms with Crippen LogP contribution in [-0.2, 0) is 16.0 Å². The van der Waals surface area contributed by atoms with Crippen LogP contribution in [0.4, 0.5) is 8.78 Å². The average molecular weight is 435 g/mol. The highest BCUT2D eigenvalue weighted by Crippen LogP contribution is 2.26. The number of hydrogen-bond donors (Lipinski definition) is 1. The number of halogens is 3. The minimum atomic E-state index is -1.03. The fourth-order valence-corrected chi connectivity index (χ4v) is 2.78. The third-order valence-electron chi connectivity index (χ3n) is 3.96. The Morgan fingerprint density at radius 1 is 1.23 bits per heavy atom. The van der Waals surface area contributed by atoms with Gasteiger partial charge in [-0.25, -0.2) is 13.6 Å². The van der Waals surface area contributed by atoms with Gasteiger partial charge in [0.05, 0.1) is 5.02 Å². The maximum absolute atomic E-state index is 13.2. The highest BCUT2D eigenvalue weighted by atomic mass is 35.5. The van der Waals surface area contributed by atoms with E-state index in [-0.39, 0.29) is 18.6 Å². The first kappa shape index (κ1) is 23.4. The molecule has 2 rings (SSSR count). The summed E-state index contributed by atoms with van der Waals surface area (Å²) in [7, 11) is 0. The number of carboxylic acid groups (broad SMARTS) is 1. The fraction of sp³-hybridized carbons (Fsp3) is 0.261. The van der Waals surface area contributed by atoms with Gasteiger partial charge in [0.1, 0.15) is 24.0 Å². The van der Waals surface area contributed by atoms with Gasteiger partial charge in [-0.15, -0.1) is 0 Å². The van der Waals surface area contributed by atoms with E-state index in [0.717, 1.165) is 18.2 Å². The van der Waals surface area contributed by atoms with Gasteiger partial charge in [-0.05, 0) is 55.3 Å². The Morgan fingerprint density at radius 2 is 1.93 bits per heavy atom. The van der Waals surface area contributed by atoms with Crippen molar-refractivity contribution in [2.24, 2.45) is 0 Å². The van der Waals surface area contributed by atoms with Gasteiger partial charge in [0.15, 0.2) is 6.10 Å². The minimum absolute atomic E-state index is 0.188. The van der Waals surface area contributed by atoms with Crippen molar-refractivity contribution in [3.63, 3.8) is 0 Å². The first-order valence-corrected chi connectivity index (χ1v) is 9.56. The van der Waals surface area contributed by atoms with Crippen LogP contribution < -0.4 is 4.74 Å². The number of aliphatic carboxylic acids is 1. The second kappa shape index (κ2) is 11.3. The van der Waals surface area contributed by atoms with Crippen molar-refractivity contribution in [2.45, 2.75) is 26.4 Å². The van der Waals surface area contributed by atoms with E-state index in [1.165, 1.54) is 0 Å². The molecule has 7 heteroatoms. The lowest BCUT2D eigenvalue weighted by atomic mass is 10.1. The molecule has 0 spiro atoms. The Morgan fingerprint density at radius 3 is 2.53 bits per heavy atom. The summed E-state index contributed by atoms with van der Waals surface area (Å²) in [6.07, 6.45) is 0.967. The highest BCUT2D eigenvalue weighted by Gasteiger charge is 2.18. The number of carbonyl (C=O) groups is 1. The zero-order valence-corrected chi connectivity index (χ0v) is 17.3. The van der Waals surface area contributed by atoms with Crippen LogP contribution in [0.15, 0.2) is 48.0 Å². The molecule has 0 fully saturated rings. The lowest BCUT2D eigenvalue weighted by Gasteiger charge is -2.13. The summed E-state index contributed by atoms with van der Waals surface area (Å²) >= 11 is 6.22. The number of hydrogen-bond acceptors (Lipinski definition) is 3. The Bertz CT molecular complexity index is 972. The third-order valence-corrected chi connectivity index (χ3v) is 4.25. The molecule has 0 heterocycles. The summed E-state index contributed by atoms with van der Waals surface area (Å²) < 4.78 is 37.1. The van der Waals surface area contributed by atoms with Crippen LogP contribution in [0.25, 0.3) is 0 Å². The molecular formula is C23H21ClF2O4. The molecule has 0 bridgehead atoms. The van der Waals surface area contributed by atoms with Crippen molar-refractivity contribution in [1.29, 1.82) is 0 Å². The van der Waals surface area contributed by atoms with E-state index in [9.17, 15) is 13.6 Å². The number of allylic oxidation sites excluding steroid dienone is 1. The predicted octanol–water partition coefficient (Wildman–Crippen LogP) is 5.03. The Kier molecular flexibility index (Phi) is 8.85. The third kappa shape index (κ3) is 7.51. The molecule has 0 aliphatic heterocycles. The maximum atomic E-state index is 13.2. The van der Waals surface area contributed by atoms with E-state index < -0.39 is 23.7 Å². The van der Waals surface area contributed by atoms with Crippen LogP contribution in [0.5, 0.6) is 5.75 Å². The first-order chi connectivity index (χ1) is 14.3. The van der Waals surface area contributed by atoms with Gasteiger partial charge >= 0.3 is 5.97 Å². The number of benzene rings is 2. The fourth-order valence-electron chi connectivity index (χ4n) is 2.53. The van der Waals surface area contributed by atoms with Crippen molar-refractivity contribution in [3.05, 3.63) is 75.8 Å². The molecular weight excluding hydrogens is 414 g/mol. The van der Waals surface area contributed by atoms with E-state index in [1.807, 2.05) is 0 Å². The molecule has 30 heavy (non-hydrogen) atoms. The second-order valence-corrected chi connectivity index (χ2v) is 6.76. The van der Waals surface area contributed by atoms with Crippen molar-refractivity contribution in [2.75, 3.05) is 13.2 Å². The van der Waals surface area contributed by atoms with Gasteiger partial charge in [-0.2, -0.15) is 0 Å². The van der Waals surface area contributed by atoms with Crippen molar-refractivity contribution in [1.82, 2.24) is 0 Å². The van der Waals surface area contributed by atoms with Gasteiger partial charge in [-0.1, -0.05) is 29.5 Å². The SMILES string of the molecule is CCO[C@@H](Cc1ccc(OCC=C(C)C#Cc2cc(F)cc(F)c2)c(Cl)c1)C(=O)O. The zero-order valence-electron chi connectivity index (χ0n) is 16.5. The van der Waals surface area contributed by atoms with Crippen LogP contribution in [0.3, 0.4) is 0 Å². The zero-order chi connectivity index (χ0) is 22.1. The van der Waals surface area contributed by atoms with Gasteiger partial charge < -0.3 is 14.6 Å². The van der Waals surface area contributed by atoms with Gasteiger partial charge in [0.25, 0.3) is 0 Å². The van der Waals surface area contributed by atoms with E-state index in [1.54, 1.807) is 38.1 Å². The van der Waals surface area contributed by atoms with Crippen LogP contribution >= 0.6 is 11.6 Å². The van der Waals surface area contributed by atoms with E-state index in [0.29, 0.717) is 28.5 Å². The molecule has 158 valence electrons. The van der Waals surface area contributed by atoms with Gasteiger partial charge in [-0.3, -0.25) is 0 Å². The van der Waals surface area contributed by atoms with Crippen LogP contribution in [0.2, 0.25) is 5.02 Å². The molecule has 1 N–H and O–H groups in total. The van der Waals surface area contributed by atoms with Crippen molar-refractivity contribution < 1.29 is 28.2 Å². The van der Waals surface area contributed by atoms with Crippen LogP contribution in [-0.4, -0.2) is 30.4 Å². The molecule has 0 radical (unpaired) electrons. The summed E-state index contributed by atoms with van der Waals surface area (Å²) in [5, 5.41) is 9.51. The predicted molar refractivity (Wildman–Crippen MR) is 111 cm³/mol. The van der Waals surface area contributed by atoms with E-state index >= 15 is 0 Å². The summed E-state index contributed by atoms with van der Waals surface area (Å²) in [4.78, 5) is 11.2. The van der Waals surface area contributed by atoms with Crippen molar-refractivity contribution in [3.8, 4) is 17.6 Å². The molecule has 2 aromatic rings. The normalized spacial score (nSPS) is 12.1. The molecule has 0 aliphatic rings. The Labute approximate surface area is 179 Å².